The van der Waals surface area contributed by atoms with Crippen molar-refractivity contribution in [3.05, 3.63) is 30.6 Å². The second-order valence-electron chi connectivity index (χ2n) is 3.43. The van der Waals surface area contributed by atoms with Gasteiger partial charge in [-0.25, -0.2) is 9.97 Å². The normalized spacial score (nSPS) is 9.89. The molecule has 2 N–H and O–H groups in total. The first-order chi connectivity index (χ1) is 8.71. The third-order valence-electron chi connectivity index (χ3n) is 2.21. The molecule has 0 radical (unpaired) electrons. The van der Waals surface area contributed by atoms with Crippen molar-refractivity contribution in [2.24, 2.45) is 0 Å². The molecule has 0 fully saturated rings. The van der Waals surface area contributed by atoms with Gasteiger partial charge in [0.1, 0.15) is 29.4 Å². The number of ether oxygens (including phenoxy) is 3. The predicted octanol–water partition coefficient (Wildman–Crippen LogP) is 1.87. The highest BCUT2D eigenvalue weighted by atomic mass is 16.5. The highest BCUT2D eigenvalue weighted by Crippen LogP contribution is 2.30. The van der Waals surface area contributed by atoms with Crippen LogP contribution in [-0.4, -0.2) is 24.2 Å². The molecule has 0 spiro atoms. The van der Waals surface area contributed by atoms with Gasteiger partial charge in [-0.2, -0.15) is 0 Å². The lowest BCUT2D eigenvalue weighted by molar-refractivity contribution is 0.385. The first-order valence-corrected chi connectivity index (χ1v) is 5.19. The van der Waals surface area contributed by atoms with Crippen LogP contribution in [0.1, 0.15) is 0 Å². The molecule has 0 amide bonds. The van der Waals surface area contributed by atoms with Crippen molar-refractivity contribution in [2.45, 2.75) is 0 Å². The summed E-state index contributed by atoms with van der Waals surface area (Å²) in [6.45, 7) is 0. The molecule has 0 aliphatic carbocycles. The lowest BCUT2D eigenvalue weighted by Crippen LogP contribution is -1.94. The Morgan fingerprint density at radius 2 is 1.50 bits per heavy atom. The smallest absolute Gasteiger partial charge is 0.224 e. The van der Waals surface area contributed by atoms with Gasteiger partial charge in [0.15, 0.2) is 0 Å². The van der Waals surface area contributed by atoms with Gasteiger partial charge in [-0.1, -0.05) is 0 Å². The number of rotatable bonds is 4. The van der Waals surface area contributed by atoms with Crippen LogP contribution in [0.4, 0.5) is 5.82 Å². The van der Waals surface area contributed by atoms with E-state index >= 15 is 0 Å². The van der Waals surface area contributed by atoms with Gasteiger partial charge in [0, 0.05) is 24.3 Å². The summed E-state index contributed by atoms with van der Waals surface area (Å²) in [4.78, 5) is 7.74. The van der Waals surface area contributed by atoms with Crippen LogP contribution in [0.25, 0.3) is 0 Å². The zero-order valence-corrected chi connectivity index (χ0v) is 10.1. The molecule has 2 rings (SSSR count). The van der Waals surface area contributed by atoms with Crippen molar-refractivity contribution in [2.75, 3.05) is 20.0 Å². The van der Waals surface area contributed by atoms with Gasteiger partial charge in [-0.15, -0.1) is 0 Å². The molecular weight excluding hydrogens is 234 g/mol. The van der Waals surface area contributed by atoms with E-state index in [0.29, 0.717) is 28.9 Å². The molecule has 0 atom stereocenters. The van der Waals surface area contributed by atoms with Gasteiger partial charge in [0.2, 0.25) is 5.88 Å². The number of hydrogen-bond donors (Lipinski definition) is 1. The van der Waals surface area contributed by atoms with E-state index < -0.39 is 0 Å². The minimum absolute atomic E-state index is 0.342. The zero-order valence-electron chi connectivity index (χ0n) is 10.1. The van der Waals surface area contributed by atoms with E-state index in [-0.39, 0.29) is 0 Å². The Kier molecular flexibility index (Phi) is 3.47. The van der Waals surface area contributed by atoms with Crippen molar-refractivity contribution in [1.29, 1.82) is 0 Å². The number of methoxy groups -OCH3 is 2. The van der Waals surface area contributed by atoms with Crippen LogP contribution in [0.15, 0.2) is 30.6 Å². The molecule has 0 unspecified atom stereocenters. The van der Waals surface area contributed by atoms with Crippen molar-refractivity contribution in [1.82, 2.24) is 9.97 Å². The maximum atomic E-state index is 5.55. The van der Waals surface area contributed by atoms with Crippen LogP contribution >= 0.6 is 0 Å². The summed E-state index contributed by atoms with van der Waals surface area (Å²) in [7, 11) is 3.14. The predicted molar refractivity (Wildman–Crippen MR) is 66.1 cm³/mol. The van der Waals surface area contributed by atoms with Crippen LogP contribution in [-0.2, 0) is 0 Å². The molecule has 1 aromatic carbocycles. The molecule has 18 heavy (non-hydrogen) atoms. The second-order valence-corrected chi connectivity index (χ2v) is 3.43. The SMILES string of the molecule is COc1cc(OC)cc(Oc2cc(N)ncn2)c1. The van der Waals surface area contributed by atoms with Crippen LogP contribution in [0.5, 0.6) is 23.1 Å². The fraction of sp³-hybridized carbons (Fsp3) is 0.167. The molecule has 0 bridgehead atoms. The molecule has 0 aliphatic heterocycles. The number of nitrogens with two attached hydrogens (primary N) is 1. The second kappa shape index (κ2) is 5.22. The van der Waals surface area contributed by atoms with E-state index in [2.05, 4.69) is 9.97 Å². The molecule has 0 saturated carbocycles. The zero-order chi connectivity index (χ0) is 13.0. The molecule has 6 nitrogen and oxygen atoms in total. The van der Waals surface area contributed by atoms with E-state index in [1.807, 2.05) is 0 Å². The van der Waals surface area contributed by atoms with Crippen molar-refractivity contribution >= 4 is 5.82 Å². The van der Waals surface area contributed by atoms with Gasteiger partial charge in [0.05, 0.1) is 14.2 Å². The average Bonchev–Trinajstić information content (AvgIpc) is 2.38. The van der Waals surface area contributed by atoms with E-state index in [1.54, 1.807) is 32.4 Å². The first kappa shape index (κ1) is 12.0. The van der Waals surface area contributed by atoms with Gasteiger partial charge in [-0.3, -0.25) is 0 Å². The lowest BCUT2D eigenvalue weighted by atomic mass is 10.3. The van der Waals surface area contributed by atoms with E-state index in [0.717, 1.165) is 0 Å². The van der Waals surface area contributed by atoms with E-state index in [1.165, 1.54) is 12.4 Å². The minimum Gasteiger partial charge on any atom is -0.496 e. The Labute approximate surface area is 104 Å². The van der Waals surface area contributed by atoms with Gasteiger partial charge < -0.3 is 19.9 Å². The molecule has 94 valence electrons. The summed E-state index contributed by atoms with van der Waals surface area (Å²) >= 11 is 0. The van der Waals surface area contributed by atoms with E-state index in [9.17, 15) is 0 Å². The third-order valence-corrected chi connectivity index (χ3v) is 2.21. The summed E-state index contributed by atoms with van der Waals surface area (Å²) in [6, 6.07) is 6.73. The monoisotopic (exact) mass is 247 g/mol. The first-order valence-electron chi connectivity index (χ1n) is 5.19. The number of aromatic nitrogens is 2. The molecular formula is C12H13N3O3. The number of benzene rings is 1. The molecule has 1 aromatic heterocycles. The fourth-order valence-corrected chi connectivity index (χ4v) is 1.37. The van der Waals surface area contributed by atoms with Crippen LogP contribution < -0.4 is 19.9 Å². The van der Waals surface area contributed by atoms with Crippen LogP contribution in [0, 0.1) is 0 Å². The quantitative estimate of drug-likeness (QED) is 0.888. The Morgan fingerprint density at radius 3 is 2.06 bits per heavy atom. The molecule has 6 heteroatoms. The van der Waals surface area contributed by atoms with Gasteiger partial charge in [0.25, 0.3) is 0 Å². The van der Waals surface area contributed by atoms with Crippen molar-refractivity contribution in [3.8, 4) is 23.1 Å². The van der Waals surface area contributed by atoms with Crippen LogP contribution in [0.2, 0.25) is 0 Å². The summed E-state index contributed by atoms with van der Waals surface area (Å²) < 4.78 is 15.8. The number of nitrogen functional groups attached to an aromatic ring is 1. The summed E-state index contributed by atoms with van der Waals surface area (Å²) in [5.74, 6) is 2.51. The Bertz CT molecular complexity index is 524. The Balaban J connectivity index is 2.28. The molecule has 0 aliphatic rings. The average molecular weight is 247 g/mol. The fourth-order valence-electron chi connectivity index (χ4n) is 1.37. The highest BCUT2D eigenvalue weighted by molar-refractivity contribution is 5.44. The van der Waals surface area contributed by atoms with Gasteiger partial charge >= 0.3 is 0 Å². The van der Waals surface area contributed by atoms with Crippen molar-refractivity contribution in [3.63, 3.8) is 0 Å². The third kappa shape index (κ3) is 2.79. The topological polar surface area (TPSA) is 79.5 Å². The maximum Gasteiger partial charge on any atom is 0.224 e. The Morgan fingerprint density at radius 1 is 0.889 bits per heavy atom. The Hall–Kier alpha value is -2.50. The minimum atomic E-state index is 0.342. The van der Waals surface area contributed by atoms with Crippen LogP contribution in [0.3, 0.4) is 0 Å². The summed E-state index contributed by atoms with van der Waals surface area (Å²) in [6.07, 6.45) is 1.34. The molecule has 1 heterocycles. The summed E-state index contributed by atoms with van der Waals surface area (Å²) in [5.41, 5.74) is 5.54. The lowest BCUT2D eigenvalue weighted by Gasteiger charge is -2.09. The number of anilines is 1. The van der Waals surface area contributed by atoms with E-state index in [4.69, 9.17) is 19.9 Å². The largest absolute Gasteiger partial charge is 0.496 e. The molecule has 0 saturated heterocycles. The standard InChI is InChI=1S/C12H13N3O3/c1-16-8-3-9(17-2)5-10(4-8)18-12-6-11(13)14-7-15-12/h3-7H,1-2H3,(H2,13,14,15). The van der Waals surface area contributed by atoms with Crippen molar-refractivity contribution < 1.29 is 14.2 Å². The summed E-state index contributed by atoms with van der Waals surface area (Å²) in [5, 5.41) is 0. The number of nitrogens with zero attached hydrogens (tertiary/aromatic N) is 2. The highest BCUT2D eigenvalue weighted by Gasteiger charge is 2.05. The maximum absolute atomic E-state index is 5.55. The van der Waals surface area contributed by atoms with Gasteiger partial charge in [-0.05, 0) is 0 Å². The number of hydrogen-bond acceptors (Lipinski definition) is 6. The molecule has 2 aromatic rings.